The number of hydrogen-bond donors (Lipinski definition) is 1. The molecule has 0 atom stereocenters. The molecule has 92 valence electrons. The van der Waals surface area contributed by atoms with Crippen LogP contribution in [0.4, 0.5) is 0 Å². The van der Waals surface area contributed by atoms with Gasteiger partial charge in [-0.3, -0.25) is 0 Å². The van der Waals surface area contributed by atoms with Crippen LogP contribution in [0.3, 0.4) is 0 Å². The van der Waals surface area contributed by atoms with Crippen LogP contribution < -0.4 is 4.74 Å². The number of carboxylic acids is 1. The van der Waals surface area contributed by atoms with Crippen molar-refractivity contribution < 1.29 is 14.6 Å². The number of aromatic carboxylic acids is 1. The summed E-state index contributed by atoms with van der Waals surface area (Å²) in [5, 5.41) is 8.88. The molecule has 18 heavy (non-hydrogen) atoms. The SMILES string of the molecule is O=C(O)c1cccc(COc2ccc(I)cc2)c1. The van der Waals surface area contributed by atoms with Crippen molar-refractivity contribution in [1.29, 1.82) is 0 Å². The number of rotatable bonds is 4. The molecule has 2 rings (SSSR count). The lowest BCUT2D eigenvalue weighted by Gasteiger charge is -2.06. The van der Waals surface area contributed by atoms with Crippen LogP contribution in [0.15, 0.2) is 48.5 Å². The molecule has 0 spiro atoms. The summed E-state index contributed by atoms with van der Waals surface area (Å²) in [4.78, 5) is 10.8. The number of benzene rings is 2. The van der Waals surface area contributed by atoms with E-state index in [0.29, 0.717) is 6.61 Å². The first-order valence-electron chi connectivity index (χ1n) is 5.36. The van der Waals surface area contributed by atoms with Crippen LogP contribution >= 0.6 is 22.6 Å². The third kappa shape index (κ3) is 3.46. The number of carbonyl (C=O) groups is 1. The molecule has 0 saturated carbocycles. The Labute approximate surface area is 119 Å². The van der Waals surface area contributed by atoms with Crippen molar-refractivity contribution in [3.8, 4) is 5.75 Å². The van der Waals surface area contributed by atoms with Gasteiger partial charge < -0.3 is 9.84 Å². The number of ether oxygens (including phenoxy) is 1. The fraction of sp³-hybridized carbons (Fsp3) is 0.0714. The average Bonchev–Trinajstić information content (AvgIpc) is 2.38. The average molecular weight is 354 g/mol. The molecular formula is C14H11IO3. The summed E-state index contributed by atoms with van der Waals surface area (Å²) < 4.78 is 6.73. The third-order valence-corrected chi connectivity index (χ3v) is 3.11. The van der Waals surface area contributed by atoms with Crippen LogP contribution in [0.2, 0.25) is 0 Å². The second-order valence-corrected chi connectivity index (χ2v) is 4.99. The topological polar surface area (TPSA) is 46.5 Å². The highest BCUT2D eigenvalue weighted by Crippen LogP contribution is 2.15. The van der Waals surface area contributed by atoms with Gasteiger partial charge in [0.05, 0.1) is 5.56 Å². The summed E-state index contributed by atoms with van der Waals surface area (Å²) in [5.41, 5.74) is 1.12. The van der Waals surface area contributed by atoms with Gasteiger partial charge in [-0.15, -0.1) is 0 Å². The molecule has 0 unspecified atom stereocenters. The van der Waals surface area contributed by atoms with Crippen LogP contribution in [-0.4, -0.2) is 11.1 Å². The zero-order valence-corrected chi connectivity index (χ0v) is 11.6. The van der Waals surface area contributed by atoms with Crippen LogP contribution in [0.5, 0.6) is 5.75 Å². The summed E-state index contributed by atoms with van der Waals surface area (Å²) in [5.74, 6) is -0.151. The molecule has 4 heteroatoms. The van der Waals surface area contributed by atoms with E-state index in [2.05, 4.69) is 22.6 Å². The van der Waals surface area contributed by atoms with Crippen molar-refractivity contribution in [3.63, 3.8) is 0 Å². The Balaban J connectivity index is 2.04. The molecule has 0 heterocycles. The Morgan fingerprint density at radius 3 is 2.56 bits per heavy atom. The highest BCUT2D eigenvalue weighted by Gasteiger charge is 2.03. The lowest BCUT2D eigenvalue weighted by molar-refractivity contribution is 0.0696. The van der Waals surface area contributed by atoms with E-state index in [9.17, 15) is 4.79 Å². The maximum Gasteiger partial charge on any atom is 0.335 e. The van der Waals surface area contributed by atoms with Crippen LogP contribution in [-0.2, 0) is 6.61 Å². The molecule has 1 N–H and O–H groups in total. The molecule has 0 bridgehead atoms. The standard InChI is InChI=1S/C14H11IO3/c15-12-4-6-13(7-5-12)18-9-10-2-1-3-11(8-10)14(16)17/h1-8H,9H2,(H,16,17). The molecule has 0 aliphatic rings. The minimum Gasteiger partial charge on any atom is -0.489 e. The van der Waals surface area contributed by atoms with Gasteiger partial charge in [0.1, 0.15) is 12.4 Å². The Morgan fingerprint density at radius 2 is 1.89 bits per heavy atom. The lowest BCUT2D eigenvalue weighted by Crippen LogP contribution is -2.00. The molecule has 0 aliphatic heterocycles. The molecule has 0 radical (unpaired) electrons. The third-order valence-electron chi connectivity index (χ3n) is 2.39. The second-order valence-electron chi connectivity index (χ2n) is 3.75. The van der Waals surface area contributed by atoms with Crippen molar-refractivity contribution in [3.05, 3.63) is 63.2 Å². The normalized spacial score (nSPS) is 10.1. The zero-order valence-electron chi connectivity index (χ0n) is 9.47. The predicted octanol–water partition coefficient (Wildman–Crippen LogP) is 3.57. The molecule has 2 aromatic carbocycles. The summed E-state index contributed by atoms with van der Waals surface area (Å²) >= 11 is 2.23. The predicted molar refractivity (Wildman–Crippen MR) is 76.9 cm³/mol. The van der Waals surface area contributed by atoms with Gasteiger partial charge in [0.15, 0.2) is 0 Å². The van der Waals surface area contributed by atoms with Crippen LogP contribution in [0.1, 0.15) is 15.9 Å². The van der Waals surface area contributed by atoms with E-state index in [4.69, 9.17) is 9.84 Å². The summed E-state index contributed by atoms with van der Waals surface area (Å²) in [7, 11) is 0. The van der Waals surface area contributed by atoms with Gasteiger partial charge in [-0.05, 0) is 64.6 Å². The first-order valence-corrected chi connectivity index (χ1v) is 6.43. The largest absolute Gasteiger partial charge is 0.489 e. The van der Waals surface area contributed by atoms with Gasteiger partial charge in [0.2, 0.25) is 0 Å². The van der Waals surface area contributed by atoms with Gasteiger partial charge in [0, 0.05) is 3.57 Å². The molecule has 0 saturated heterocycles. The molecule has 3 nitrogen and oxygen atoms in total. The fourth-order valence-electron chi connectivity index (χ4n) is 1.49. The summed E-state index contributed by atoms with van der Waals surface area (Å²) in [6, 6.07) is 14.5. The molecule has 0 aliphatic carbocycles. The second kappa shape index (κ2) is 5.86. The highest BCUT2D eigenvalue weighted by molar-refractivity contribution is 14.1. The van der Waals surface area contributed by atoms with Crippen LogP contribution in [0.25, 0.3) is 0 Å². The number of hydrogen-bond acceptors (Lipinski definition) is 2. The van der Waals surface area contributed by atoms with E-state index in [1.807, 2.05) is 30.3 Å². The van der Waals surface area contributed by atoms with Gasteiger partial charge in [0.25, 0.3) is 0 Å². The van der Waals surface area contributed by atoms with E-state index in [1.165, 1.54) is 0 Å². The zero-order chi connectivity index (χ0) is 13.0. The quantitative estimate of drug-likeness (QED) is 0.854. The van der Waals surface area contributed by atoms with Gasteiger partial charge in [-0.1, -0.05) is 12.1 Å². The van der Waals surface area contributed by atoms with Gasteiger partial charge >= 0.3 is 5.97 Å². The first kappa shape index (κ1) is 12.9. The van der Waals surface area contributed by atoms with Crippen molar-refractivity contribution in [2.75, 3.05) is 0 Å². The molecule has 0 amide bonds. The van der Waals surface area contributed by atoms with Crippen molar-refractivity contribution in [1.82, 2.24) is 0 Å². The van der Waals surface area contributed by atoms with Crippen molar-refractivity contribution >= 4 is 28.6 Å². The molecule has 2 aromatic rings. The summed E-state index contributed by atoms with van der Waals surface area (Å²) in [6.45, 7) is 0.363. The van der Waals surface area contributed by atoms with Gasteiger partial charge in [-0.2, -0.15) is 0 Å². The Kier molecular flexibility index (Phi) is 4.19. The molecule has 0 fully saturated rings. The van der Waals surface area contributed by atoms with Crippen molar-refractivity contribution in [2.24, 2.45) is 0 Å². The number of halogens is 1. The van der Waals surface area contributed by atoms with E-state index in [-0.39, 0.29) is 5.56 Å². The smallest absolute Gasteiger partial charge is 0.335 e. The maximum atomic E-state index is 10.8. The Morgan fingerprint density at radius 1 is 1.17 bits per heavy atom. The minimum atomic E-state index is -0.925. The van der Waals surface area contributed by atoms with Crippen LogP contribution in [0, 0.1) is 3.57 Å². The summed E-state index contributed by atoms with van der Waals surface area (Å²) in [6.07, 6.45) is 0. The fourth-order valence-corrected chi connectivity index (χ4v) is 1.85. The lowest BCUT2D eigenvalue weighted by atomic mass is 10.1. The minimum absolute atomic E-state index is 0.277. The van der Waals surface area contributed by atoms with Crippen molar-refractivity contribution in [2.45, 2.75) is 6.61 Å². The van der Waals surface area contributed by atoms with Gasteiger partial charge in [-0.25, -0.2) is 4.79 Å². The monoisotopic (exact) mass is 354 g/mol. The van der Waals surface area contributed by atoms with E-state index in [0.717, 1.165) is 14.9 Å². The number of carboxylic acid groups (broad SMARTS) is 1. The maximum absolute atomic E-state index is 10.8. The highest BCUT2D eigenvalue weighted by atomic mass is 127. The first-order chi connectivity index (χ1) is 8.65. The molecule has 0 aromatic heterocycles. The molecular weight excluding hydrogens is 343 g/mol. The van der Waals surface area contributed by atoms with E-state index >= 15 is 0 Å². The Hall–Kier alpha value is -1.56. The Bertz CT molecular complexity index is 549. The van der Waals surface area contributed by atoms with E-state index < -0.39 is 5.97 Å². The van der Waals surface area contributed by atoms with E-state index in [1.54, 1.807) is 18.2 Å².